The standard InChI is InChI=1S/C15H21NO5/c1-9(2)13(15(18)21-5)16-14(17)12-10(19-3)7-6-8-11(12)20-4/h6-9,13H,1-5H3,(H,16,17)/t13-/m0/s1. The van der Waals surface area contributed by atoms with E-state index < -0.39 is 17.9 Å². The molecule has 1 amide bonds. The molecule has 6 nitrogen and oxygen atoms in total. The Hall–Kier alpha value is -2.24. The van der Waals surface area contributed by atoms with Crippen LogP contribution in [0.5, 0.6) is 11.5 Å². The molecule has 1 rings (SSSR count). The van der Waals surface area contributed by atoms with Crippen LogP contribution in [0.4, 0.5) is 0 Å². The molecule has 0 spiro atoms. The van der Waals surface area contributed by atoms with Gasteiger partial charge in [0.05, 0.1) is 21.3 Å². The molecule has 0 heterocycles. The van der Waals surface area contributed by atoms with Crippen LogP contribution in [0, 0.1) is 5.92 Å². The Kier molecular flexibility index (Phi) is 6.02. The second-order valence-corrected chi connectivity index (χ2v) is 4.76. The van der Waals surface area contributed by atoms with Crippen molar-refractivity contribution < 1.29 is 23.8 Å². The summed E-state index contributed by atoms with van der Waals surface area (Å²) in [4.78, 5) is 24.2. The Bertz CT molecular complexity index is 491. The van der Waals surface area contributed by atoms with Crippen LogP contribution in [-0.2, 0) is 9.53 Å². The van der Waals surface area contributed by atoms with Gasteiger partial charge in [0.15, 0.2) is 0 Å². The van der Waals surface area contributed by atoms with Crippen molar-refractivity contribution in [2.75, 3.05) is 21.3 Å². The minimum atomic E-state index is -0.739. The quantitative estimate of drug-likeness (QED) is 0.807. The van der Waals surface area contributed by atoms with E-state index in [-0.39, 0.29) is 11.5 Å². The number of hydrogen-bond acceptors (Lipinski definition) is 5. The average molecular weight is 295 g/mol. The number of esters is 1. The number of ether oxygens (including phenoxy) is 3. The van der Waals surface area contributed by atoms with Gasteiger partial charge in [-0.15, -0.1) is 0 Å². The number of carbonyl (C=O) groups is 2. The van der Waals surface area contributed by atoms with Crippen molar-refractivity contribution in [3.63, 3.8) is 0 Å². The van der Waals surface area contributed by atoms with E-state index in [1.165, 1.54) is 21.3 Å². The zero-order valence-corrected chi connectivity index (χ0v) is 12.9. The van der Waals surface area contributed by atoms with Gasteiger partial charge in [-0.3, -0.25) is 4.79 Å². The summed E-state index contributed by atoms with van der Waals surface area (Å²) in [6.07, 6.45) is 0. The summed E-state index contributed by atoms with van der Waals surface area (Å²) in [7, 11) is 4.21. The maximum atomic E-state index is 12.5. The maximum Gasteiger partial charge on any atom is 0.328 e. The molecule has 1 aromatic carbocycles. The molecule has 0 saturated carbocycles. The van der Waals surface area contributed by atoms with Crippen LogP contribution in [0.2, 0.25) is 0 Å². The topological polar surface area (TPSA) is 73.9 Å². The molecule has 0 bridgehead atoms. The lowest BCUT2D eigenvalue weighted by atomic mass is 10.0. The fourth-order valence-electron chi connectivity index (χ4n) is 1.91. The van der Waals surface area contributed by atoms with Crippen molar-refractivity contribution in [2.24, 2.45) is 5.92 Å². The van der Waals surface area contributed by atoms with Gasteiger partial charge < -0.3 is 19.5 Å². The highest BCUT2D eigenvalue weighted by atomic mass is 16.5. The third-order valence-electron chi connectivity index (χ3n) is 3.06. The smallest absolute Gasteiger partial charge is 0.328 e. The summed E-state index contributed by atoms with van der Waals surface area (Å²) in [5, 5.41) is 2.66. The van der Waals surface area contributed by atoms with E-state index in [1.807, 2.05) is 13.8 Å². The van der Waals surface area contributed by atoms with Crippen molar-refractivity contribution >= 4 is 11.9 Å². The molecule has 0 aliphatic rings. The first-order valence-corrected chi connectivity index (χ1v) is 6.55. The van der Waals surface area contributed by atoms with Gasteiger partial charge in [0.25, 0.3) is 5.91 Å². The van der Waals surface area contributed by atoms with Crippen LogP contribution >= 0.6 is 0 Å². The number of methoxy groups -OCH3 is 3. The molecule has 0 aromatic heterocycles. The SMILES string of the molecule is COC(=O)[C@@H](NC(=O)c1c(OC)cccc1OC)C(C)C. The zero-order valence-electron chi connectivity index (χ0n) is 12.9. The van der Waals surface area contributed by atoms with Crippen molar-refractivity contribution in [1.29, 1.82) is 0 Å². The molecular formula is C15H21NO5. The molecule has 1 aromatic rings. The minimum absolute atomic E-state index is 0.109. The molecule has 0 aliphatic carbocycles. The van der Waals surface area contributed by atoms with Crippen LogP contribution in [0.3, 0.4) is 0 Å². The number of benzene rings is 1. The van der Waals surface area contributed by atoms with Crippen molar-refractivity contribution in [3.05, 3.63) is 23.8 Å². The molecule has 116 valence electrons. The van der Waals surface area contributed by atoms with E-state index in [4.69, 9.17) is 14.2 Å². The second kappa shape index (κ2) is 7.52. The third-order valence-corrected chi connectivity index (χ3v) is 3.06. The van der Waals surface area contributed by atoms with E-state index >= 15 is 0 Å². The lowest BCUT2D eigenvalue weighted by Crippen LogP contribution is -2.45. The second-order valence-electron chi connectivity index (χ2n) is 4.76. The molecule has 0 aliphatic heterocycles. The fourth-order valence-corrected chi connectivity index (χ4v) is 1.91. The number of nitrogens with one attached hydrogen (secondary N) is 1. The number of rotatable bonds is 6. The maximum absolute atomic E-state index is 12.5. The molecular weight excluding hydrogens is 274 g/mol. The lowest BCUT2D eigenvalue weighted by molar-refractivity contribution is -0.144. The first-order chi connectivity index (χ1) is 9.96. The lowest BCUT2D eigenvalue weighted by Gasteiger charge is -2.21. The van der Waals surface area contributed by atoms with Crippen LogP contribution in [-0.4, -0.2) is 39.2 Å². The summed E-state index contributed by atoms with van der Waals surface area (Å²) >= 11 is 0. The highest BCUT2D eigenvalue weighted by molar-refractivity contribution is 6.01. The molecule has 0 fully saturated rings. The first-order valence-electron chi connectivity index (χ1n) is 6.55. The Morgan fingerprint density at radius 1 is 1.05 bits per heavy atom. The van der Waals surface area contributed by atoms with E-state index in [0.717, 1.165) is 0 Å². The van der Waals surface area contributed by atoms with Crippen molar-refractivity contribution in [2.45, 2.75) is 19.9 Å². The predicted molar refractivity (Wildman–Crippen MR) is 77.7 cm³/mol. The molecule has 1 atom stereocenters. The molecule has 0 saturated heterocycles. The van der Waals surface area contributed by atoms with E-state index in [0.29, 0.717) is 11.5 Å². The number of carbonyl (C=O) groups excluding carboxylic acids is 2. The number of amides is 1. The Morgan fingerprint density at radius 3 is 1.95 bits per heavy atom. The predicted octanol–water partition coefficient (Wildman–Crippen LogP) is 1.63. The van der Waals surface area contributed by atoms with Crippen LogP contribution < -0.4 is 14.8 Å². The molecule has 21 heavy (non-hydrogen) atoms. The van der Waals surface area contributed by atoms with Crippen molar-refractivity contribution in [3.8, 4) is 11.5 Å². The van der Waals surface area contributed by atoms with E-state index in [9.17, 15) is 9.59 Å². The zero-order chi connectivity index (χ0) is 16.0. The normalized spacial score (nSPS) is 11.7. The van der Waals surface area contributed by atoms with Gasteiger partial charge in [-0.1, -0.05) is 19.9 Å². The van der Waals surface area contributed by atoms with Gasteiger partial charge >= 0.3 is 5.97 Å². The van der Waals surface area contributed by atoms with Gasteiger partial charge in [0.2, 0.25) is 0 Å². The summed E-state index contributed by atoms with van der Waals surface area (Å²) in [6.45, 7) is 3.64. The van der Waals surface area contributed by atoms with Gasteiger partial charge in [-0.2, -0.15) is 0 Å². The largest absolute Gasteiger partial charge is 0.496 e. The summed E-state index contributed by atoms with van der Waals surface area (Å²) in [5.41, 5.74) is 0.247. The molecule has 6 heteroatoms. The summed E-state index contributed by atoms with van der Waals surface area (Å²) in [6, 6.07) is 4.28. The van der Waals surface area contributed by atoms with E-state index in [1.54, 1.807) is 18.2 Å². The van der Waals surface area contributed by atoms with Crippen LogP contribution in [0.1, 0.15) is 24.2 Å². The summed E-state index contributed by atoms with van der Waals surface area (Å²) in [5.74, 6) is -0.304. The van der Waals surface area contributed by atoms with Gasteiger partial charge in [-0.05, 0) is 18.1 Å². The summed E-state index contributed by atoms with van der Waals surface area (Å²) < 4.78 is 15.1. The van der Waals surface area contributed by atoms with Crippen molar-refractivity contribution in [1.82, 2.24) is 5.32 Å². The highest BCUT2D eigenvalue weighted by Gasteiger charge is 2.28. The Labute approximate surface area is 124 Å². The molecule has 0 unspecified atom stereocenters. The Morgan fingerprint density at radius 2 is 1.57 bits per heavy atom. The number of hydrogen-bond donors (Lipinski definition) is 1. The van der Waals surface area contributed by atoms with Crippen LogP contribution in [0.15, 0.2) is 18.2 Å². The Balaban J connectivity index is 3.10. The third kappa shape index (κ3) is 3.87. The first kappa shape index (κ1) is 16.8. The van der Waals surface area contributed by atoms with Gasteiger partial charge in [0, 0.05) is 0 Å². The highest BCUT2D eigenvalue weighted by Crippen LogP contribution is 2.28. The fraction of sp³-hybridized carbons (Fsp3) is 0.467. The monoisotopic (exact) mass is 295 g/mol. The van der Waals surface area contributed by atoms with E-state index in [2.05, 4.69) is 5.32 Å². The van der Waals surface area contributed by atoms with Gasteiger partial charge in [0.1, 0.15) is 23.1 Å². The van der Waals surface area contributed by atoms with Gasteiger partial charge in [-0.25, -0.2) is 4.79 Å². The average Bonchev–Trinajstić information content (AvgIpc) is 2.50. The molecule has 0 radical (unpaired) electrons. The minimum Gasteiger partial charge on any atom is -0.496 e. The molecule has 1 N–H and O–H groups in total. The van der Waals surface area contributed by atoms with Crippen LogP contribution in [0.25, 0.3) is 0 Å².